The van der Waals surface area contributed by atoms with Crippen molar-refractivity contribution < 1.29 is 4.74 Å². The van der Waals surface area contributed by atoms with E-state index >= 15 is 0 Å². The monoisotopic (exact) mass is 850 g/mol. The van der Waals surface area contributed by atoms with Crippen LogP contribution in [0.2, 0.25) is 0 Å². The number of ether oxygens (including phenoxy) is 1. The van der Waals surface area contributed by atoms with E-state index in [0.29, 0.717) is 71.6 Å². The van der Waals surface area contributed by atoms with Crippen LogP contribution in [0.4, 0.5) is 0 Å². The zero-order valence-electron chi connectivity index (χ0n) is 32.1. The lowest BCUT2D eigenvalue weighted by Gasteiger charge is -2.12. The minimum Gasteiger partial charge on any atom is -0.495 e. The molecule has 0 fully saturated rings. The number of hydrogen-bond acceptors (Lipinski definition) is 10. The van der Waals surface area contributed by atoms with Gasteiger partial charge in [0.2, 0.25) is 0 Å². The normalized spacial score (nSPS) is 11.5. The molecule has 60 heavy (non-hydrogen) atoms. The third-order valence-electron chi connectivity index (χ3n) is 10.6. The average Bonchev–Trinajstić information content (AvgIpc) is 3.62. The van der Waals surface area contributed by atoms with E-state index in [1.54, 1.807) is 43.8 Å². The van der Waals surface area contributed by atoms with Crippen molar-refractivity contribution in [3.8, 4) is 28.3 Å². The molecule has 17 heteroatoms. The number of H-pyrrole nitrogens is 3. The van der Waals surface area contributed by atoms with Crippen LogP contribution in [-0.2, 0) is 33.1 Å². The molecule has 0 spiro atoms. The number of hydrogen-bond donors (Lipinski definition) is 3. The number of aryl methyl sites for hydroxylation is 1. The number of aromatic nitrogens is 10. The number of fused-ring (bicyclic) bond motifs is 3. The second-order valence-corrected chi connectivity index (χ2v) is 15.3. The van der Waals surface area contributed by atoms with Gasteiger partial charge in [-0.2, -0.15) is 0 Å². The molecular weight excluding hydrogens is 817 g/mol. The first kappa shape index (κ1) is 38.6. The van der Waals surface area contributed by atoms with Gasteiger partial charge >= 0.3 is 0 Å². The topological polar surface area (TPSA) is 166 Å². The van der Waals surface area contributed by atoms with E-state index in [1.807, 2.05) is 78.3 Å². The average molecular weight is 851 g/mol. The quantitative estimate of drug-likeness (QED) is 0.122. The summed E-state index contributed by atoms with van der Waals surface area (Å²) in [5.41, 5.74) is 5.43. The van der Waals surface area contributed by atoms with Gasteiger partial charge in [0, 0.05) is 43.0 Å². The number of pyridine rings is 2. The van der Waals surface area contributed by atoms with Gasteiger partial charge in [-0.3, -0.25) is 38.1 Å². The van der Waals surface area contributed by atoms with Crippen molar-refractivity contribution in [3.05, 3.63) is 166 Å². The summed E-state index contributed by atoms with van der Waals surface area (Å²) in [5, 5.41) is 1.44. The summed E-state index contributed by atoms with van der Waals surface area (Å²) in [7, 11) is 3.42. The van der Waals surface area contributed by atoms with E-state index < -0.39 is 0 Å². The Bertz CT molecular complexity index is 3560. The molecule has 0 atom stereocenters. The van der Waals surface area contributed by atoms with Gasteiger partial charge in [-0.1, -0.05) is 30.3 Å². The van der Waals surface area contributed by atoms with Crippen molar-refractivity contribution in [2.45, 2.75) is 26.1 Å². The van der Waals surface area contributed by atoms with Crippen molar-refractivity contribution in [1.29, 1.82) is 0 Å². The van der Waals surface area contributed by atoms with Crippen LogP contribution in [0.5, 0.6) is 5.75 Å². The Labute approximate surface area is 355 Å². The molecule has 9 rings (SSSR count). The lowest BCUT2D eigenvalue weighted by atomic mass is 10.1. The van der Waals surface area contributed by atoms with Gasteiger partial charge in [0.05, 0.1) is 70.5 Å². The first-order valence-corrected chi connectivity index (χ1v) is 20.0. The highest BCUT2D eigenvalue weighted by atomic mass is 32.1. The number of nitrogens with zero attached hydrogens (tertiary/aromatic N) is 7. The van der Waals surface area contributed by atoms with Gasteiger partial charge in [0.15, 0.2) is 14.3 Å². The maximum Gasteiger partial charge on any atom is 0.262 e. The molecule has 0 unspecified atom stereocenters. The second-order valence-electron chi connectivity index (χ2n) is 14.1. The van der Waals surface area contributed by atoms with Crippen LogP contribution in [0.25, 0.3) is 55.2 Å². The van der Waals surface area contributed by atoms with Crippen LogP contribution in [0.3, 0.4) is 0 Å². The number of rotatable bonds is 10. The number of benzene rings is 3. The summed E-state index contributed by atoms with van der Waals surface area (Å²) < 4.78 is 12.7. The lowest BCUT2D eigenvalue weighted by Crippen LogP contribution is -2.24. The Morgan fingerprint density at radius 1 is 0.650 bits per heavy atom. The third-order valence-corrected chi connectivity index (χ3v) is 11.6. The second kappa shape index (κ2) is 15.7. The number of imidazole rings is 1. The van der Waals surface area contributed by atoms with E-state index in [4.69, 9.17) is 46.4 Å². The van der Waals surface area contributed by atoms with Gasteiger partial charge in [0.25, 0.3) is 16.7 Å². The van der Waals surface area contributed by atoms with Crippen LogP contribution in [0.15, 0.2) is 118 Å². The highest BCUT2D eigenvalue weighted by molar-refractivity contribution is 7.71. The number of para-hydroxylation sites is 1. The summed E-state index contributed by atoms with van der Waals surface area (Å²) in [6, 6.07) is 27.5. The molecule has 0 saturated heterocycles. The Balaban J connectivity index is 0.975. The van der Waals surface area contributed by atoms with Crippen molar-refractivity contribution in [3.63, 3.8) is 0 Å². The van der Waals surface area contributed by atoms with Crippen LogP contribution in [0.1, 0.15) is 17.2 Å². The molecule has 0 aliphatic rings. The van der Waals surface area contributed by atoms with Crippen LogP contribution in [-0.4, -0.2) is 55.3 Å². The molecular formula is C43H34N10O4S3. The highest BCUT2D eigenvalue weighted by Crippen LogP contribution is 2.25. The largest absolute Gasteiger partial charge is 0.495 e. The fraction of sp³-hybridized carbons (Fsp3) is 0.140. The van der Waals surface area contributed by atoms with E-state index in [9.17, 15) is 14.4 Å². The van der Waals surface area contributed by atoms with E-state index in [2.05, 4.69) is 24.9 Å². The van der Waals surface area contributed by atoms with Crippen LogP contribution >= 0.6 is 36.7 Å². The van der Waals surface area contributed by atoms with Crippen LogP contribution < -0.4 is 21.4 Å². The third kappa shape index (κ3) is 7.01. The molecule has 3 N–H and O–H groups in total. The molecule has 0 aliphatic carbocycles. The fourth-order valence-electron chi connectivity index (χ4n) is 7.40. The molecule has 6 aromatic heterocycles. The van der Waals surface area contributed by atoms with Gasteiger partial charge in [-0.15, -0.1) is 0 Å². The molecule has 298 valence electrons. The predicted octanol–water partition coefficient (Wildman–Crippen LogP) is 7.01. The van der Waals surface area contributed by atoms with Crippen molar-refractivity contribution in [1.82, 2.24) is 48.2 Å². The lowest BCUT2D eigenvalue weighted by molar-refractivity contribution is 0.404. The first-order valence-electron chi connectivity index (χ1n) is 18.8. The smallest absolute Gasteiger partial charge is 0.262 e. The van der Waals surface area contributed by atoms with Crippen LogP contribution in [0, 0.1) is 14.3 Å². The van der Waals surface area contributed by atoms with Crippen molar-refractivity contribution >= 4 is 69.4 Å². The molecule has 0 radical (unpaired) electrons. The highest BCUT2D eigenvalue weighted by Gasteiger charge is 2.16. The minimum atomic E-state index is -0.265. The van der Waals surface area contributed by atoms with Crippen molar-refractivity contribution in [2.24, 2.45) is 7.05 Å². The van der Waals surface area contributed by atoms with Gasteiger partial charge < -0.3 is 24.3 Å². The first-order chi connectivity index (χ1) is 29.1. The van der Waals surface area contributed by atoms with Gasteiger partial charge in [-0.25, -0.2) is 4.98 Å². The standard InChI is InChI=1S/C43H34N10O4S3/c1-50-35(21-45-37(50)23-53-38(54)27-8-3-4-9-31(27)47-43(53)60)25-13-15-33-29(20-25)39(55)51(41(58)48-33)18-16-26-7-5-10-30(46-26)24-12-14-32-28(19-24)40(56)52(42(59)49-32)22-34-36(57-2)11-6-17-44-34/h3-15,17,19-21H,16,18,22-23H2,1-2H3,(H,47,60)(H,48,58)(H,49,59). The maximum atomic E-state index is 14.0. The number of nitrogens with one attached hydrogen (secondary N) is 3. The minimum absolute atomic E-state index is 0.139. The molecule has 9 aromatic rings. The zero-order valence-corrected chi connectivity index (χ0v) is 34.6. The number of methoxy groups -OCH3 is 1. The van der Waals surface area contributed by atoms with E-state index in [1.165, 1.54) is 13.7 Å². The Morgan fingerprint density at radius 2 is 1.28 bits per heavy atom. The van der Waals surface area contributed by atoms with Gasteiger partial charge in [0.1, 0.15) is 17.3 Å². The summed E-state index contributed by atoms with van der Waals surface area (Å²) in [5.74, 6) is 1.18. The molecule has 0 bridgehead atoms. The maximum absolute atomic E-state index is 14.0. The van der Waals surface area contributed by atoms with E-state index in [-0.39, 0.29) is 41.1 Å². The molecule has 0 aliphatic heterocycles. The molecule has 6 heterocycles. The summed E-state index contributed by atoms with van der Waals surface area (Å²) in [6.07, 6.45) is 3.78. The molecule has 0 saturated carbocycles. The number of aromatic amines is 3. The summed E-state index contributed by atoms with van der Waals surface area (Å²) in [4.78, 5) is 64.6. The molecule has 3 aromatic carbocycles. The summed E-state index contributed by atoms with van der Waals surface area (Å²) >= 11 is 16.7. The summed E-state index contributed by atoms with van der Waals surface area (Å²) in [6.45, 7) is 0.577. The van der Waals surface area contributed by atoms with Crippen molar-refractivity contribution in [2.75, 3.05) is 7.11 Å². The Kier molecular flexibility index (Phi) is 10.1. The van der Waals surface area contributed by atoms with E-state index in [0.717, 1.165) is 22.5 Å². The van der Waals surface area contributed by atoms with Gasteiger partial charge in [-0.05, 0) is 97.3 Å². The molecule has 0 amide bonds. The Hall–Kier alpha value is -6.95. The molecule has 14 nitrogen and oxygen atoms in total. The Morgan fingerprint density at radius 3 is 2.03 bits per heavy atom. The zero-order chi connectivity index (χ0) is 41.7. The predicted molar refractivity (Wildman–Crippen MR) is 238 cm³/mol. The SMILES string of the molecule is COc1cccnc1Cn1c(=S)[nH]c2ccc(-c3cccc(CCn4c(=S)[nH]c5ccc(-c6cnc(Cn7c(=S)[nH]c8ccccc8c7=O)n6C)cc5c4=O)n3)cc2c1=O. The fourth-order valence-corrected chi connectivity index (χ4v) is 8.20.